The van der Waals surface area contributed by atoms with E-state index in [1.807, 2.05) is 4.90 Å². The lowest BCUT2D eigenvalue weighted by atomic mass is 10.1. The number of benzene rings is 3. The van der Waals surface area contributed by atoms with Crippen molar-refractivity contribution in [3.63, 3.8) is 0 Å². The average Bonchev–Trinajstić information content (AvgIpc) is 2.84. The van der Waals surface area contributed by atoms with Gasteiger partial charge in [0.2, 0.25) is 0 Å². The molecule has 0 aliphatic carbocycles. The Morgan fingerprint density at radius 2 is 1.68 bits per heavy atom. The molecule has 1 saturated heterocycles. The van der Waals surface area contributed by atoms with Gasteiger partial charge in [0.25, 0.3) is 5.91 Å². The third kappa shape index (κ3) is 5.35. The molecule has 9 heteroatoms. The van der Waals surface area contributed by atoms with Crippen LogP contribution in [0.15, 0.2) is 76.5 Å². The molecule has 5 nitrogen and oxygen atoms in total. The van der Waals surface area contributed by atoms with Gasteiger partial charge in [0.1, 0.15) is 6.07 Å². The van der Waals surface area contributed by atoms with Gasteiger partial charge in [0.15, 0.2) is 0 Å². The SMILES string of the molecule is N#Cc1ccccc1Sc1ccccc1C(=O)Nc1cc(C(F)(F)F)ccc1N1CCOCC1. The molecule has 1 N–H and O–H groups in total. The van der Waals surface area contributed by atoms with Crippen LogP contribution in [0.25, 0.3) is 0 Å². The van der Waals surface area contributed by atoms with Gasteiger partial charge in [-0.25, -0.2) is 0 Å². The number of nitrogens with zero attached hydrogens (tertiary/aromatic N) is 2. The Morgan fingerprint density at radius 1 is 1.00 bits per heavy atom. The molecular formula is C25H20F3N3O2S. The first-order valence-electron chi connectivity index (χ1n) is 10.5. The Kier molecular flexibility index (Phi) is 7.10. The Morgan fingerprint density at radius 3 is 2.38 bits per heavy atom. The van der Waals surface area contributed by atoms with Crippen LogP contribution in [-0.2, 0) is 10.9 Å². The Labute approximate surface area is 199 Å². The highest BCUT2D eigenvalue weighted by molar-refractivity contribution is 7.99. The lowest BCUT2D eigenvalue weighted by Gasteiger charge is -2.31. The second-order valence-electron chi connectivity index (χ2n) is 7.49. The summed E-state index contributed by atoms with van der Waals surface area (Å²) in [4.78, 5) is 16.4. The minimum absolute atomic E-state index is 0.0824. The largest absolute Gasteiger partial charge is 0.416 e. The smallest absolute Gasteiger partial charge is 0.378 e. The van der Waals surface area contributed by atoms with Crippen LogP contribution in [-0.4, -0.2) is 32.2 Å². The molecule has 0 spiro atoms. The molecule has 34 heavy (non-hydrogen) atoms. The van der Waals surface area contributed by atoms with Crippen molar-refractivity contribution in [2.45, 2.75) is 16.0 Å². The molecule has 1 aliphatic heterocycles. The Hall–Kier alpha value is -3.48. The van der Waals surface area contributed by atoms with E-state index in [4.69, 9.17) is 4.74 Å². The second kappa shape index (κ2) is 10.2. The van der Waals surface area contributed by atoms with Crippen LogP contribution in [0, 0.1) is 11.3 Å². The second-order valence-corrected chi connectivity index (χ2v) is 8.57. The maximum absolute atomic E-state index is 13.4. The minimum atomic E-state index is -4.54. The highest BCUT2D eigenvalue weighted by Gasteiger charge is 2.32. The van der Waals surface area contributed by atoms with Gasteiger partial charge in [-0.1, -0.05) is 36.0 Å². The monoisotopic (exact) mass is 483 g/mol. The summed E-state index contributed by atoms with van der Waals surface area (Å²) < 4.78 is 45.6. The van der Waals surface area contributed by atoms with E-state index in [9.17, 15) is 23.2 Å². The third-order valence-electron chi connectivity index (χ3n) is 5.28. The zero-order chi connectivity index (χ0) is 24.1. The molecule has 3 aromatic carbocycles. The standard InChI is InChI=1S/C25H20F3N3O2S/c26-25(27,28)18-9-10-21(31-11-13-33-14-12-31)20(15-18)30-24(32)19-6-2-4-8-23(19)34-22-7-3-1-5-17(22)16-29/h1-10,15H,11-14H2,(H,30,32). The number of nitriles is 1. The first-order chi connectivity index (χ1) is 16.4. The summed E-state index contributed by atoms with van der Waals surface area (Å²) in [6, 6.07) is 19.3. The topological polar surface area (TPSA) is 65.4 Å². The molecule has 0 radical (unpaired) electrons. The number of alkyl halides is 3. The summed E-state index contributed by atoms with van der Waals surface area (Å²) in [7, 11) is 0. The molecule has 1 aliphatic rings. The van der Waals surface area contributed by atoms with Gasteiger partial charge in [-0.2, -0.15) is 18.4 Å². The lowest BCUT2D eigenvalue weighted by Crippen LogP contribution is -2.36. The minimum Gasteiger partial charge on any atom is -0.378 e. The van der Waals surface area contributed by atoms with E-state index in [1.165, 1.54) is 17.8 Å². The summed E-state index contributed by atoms with van der Waals surface area (Å²) in [5, 5.41) is 12.1. The van der Waals surface area contributed by atoms with E-state index in [1.54, 1.807) is 48.5 Å². The first kappa shape index (κ1) is 23.7. The van der Waals surface area contributed by atoms with Crippen molar-refractivity contribution in [1.29, 1.82) is 5.26 Å². The van der Waals surface area contributed by atoms with Gasteiger partial charge in [0.05, 0.1) is 41.3 Å². The molecule has 0 aromatic heterocycles. The van der Waals surface area contributed by atoms with E-state index in [-0.39, 0.29) is 5.69 Å². The van der Waals surface area contributed by atoms with Crippen molar-refractivity contribution >= 4 is 29.0 Å². The summed E-state index contributed by atoms with van der Waals surface area (Å²) in [6.07, 6.45) is -4.54. The molecule has 0 bridgehead atoms. The number of hydrogen-bond acceptors (Lipinski definition) is 5. The zero-order valence-corrected chi connectivity index (χ0v) is 18.7. The maximum atomic E-state index is 13.4. The number of halogens is 3. The molecule has 4 rings (SSSR count). The van der Waals surface area contributed by atoms with Crippen LogP contribution >= 0.6 is 11.8 Å². The highest BCUT2D eigenvalue weighted by atomic mass is 32.2. The molecule has 1 amide bonds. The number of carbonyl (C=O) groups is 1. The Balaban J connectivity index is 1.67. The fourth-order valence-electron chi connectivity index (χ4n) is 3.59. The van der Waals surface area contributed by atoms with E-state index in [0.717, 1.165) is 12.1 Å². The molecule has 0 unspecified atom stereocenters. The molecule has 1 heterocycles. The van der Waals surface area contributed by atoms with Crippen LogP contribution in [0.4, 0.5) is 24.5 Å². The fourth-order valence-corrected chi connectivity index (χ4v) is 4.62. The number of anilines is 2. The van der Waals surface area contributed by atoms with Crippen molar-refractivity contribution in [1.82, 2.24) is 0 Å². The van der Waals surface area contributed by atoms with Gasteiger partial charge < -0.3 is 15.0 Å². The Bertz CT molecular complexity index is 1230. The first-order valence-corrected chi connectivity index (χ1v) is 11.3. The van der Waals surface area contributed by atoms with Crippen LogP contribution < -0.4 is 10.2 Å². The van der Waals surface area contributed by atoms with Gasteiger partial charge in [0, 0.05) is 22.9 Å². The number of hydrogen-bond donors (Lipinski definition) is 1. The van der Waals surface area contributed by atoms with Gasteiger partial charge in [-0.3, -0.25) is 4.79 Å². The van der Waals surface area contributed by atoms with Crippen LogP contribution in [0.2, 0.25) is 0 Å². The fraction of sp³-hybridized carbons (Fsp3) is 0.200. The predicted octanol–water partition coefficient (Wildman–Crippen LogP) is 5.82. The maximum Gasteiger partial charge on any atom is 0.416 e. The molecule has 174 valence electrons. The number of ether oxygens (including phenoxy) is 1. The van der Waals surface area contributed by atoms with Crippen molar-refractivity contribution < 1.29 is 22.7 Å². The molecule has 1 fully saturated rings. The van der Waals surface area contributed by atoms with E-state index in [0.29, 0.717) is 52.9 Å². The number of amides is 1. The van der Waals surface area contributed by atoms with Crippen molar-refractivity contribution in [2.24, 2.45) is 0 Å². The van der Waals surface area contributed by atoms with Crippen LogP contribution in [0.5, 0.6) is 0 Å². The number of carbonyl (C=O) groups excluding carboxylic acids is 1. The molecule has 3 aromatic rings. The van der Waals surface area contributed by atoms with Crippen molar-refractivity contribution in [3.8, 4) is 6.07 Å². The highest BCUT2D eigenvalue weighted by Crippen LogP contribution is 2.37. The molecule has 0 atom stereocenters. The van der Waals surface area contributed by atoms with Crippen molar-refractivity contribution in [2.75, 3.05) is 36.5 Å². The van der Waals surface area contributed by atoms with Crippen LogP contribution in [0.3, 0.4) is 0 Å². The average molecular weight is 484 g/mol. The van der Waals surface area contributed by atoms with E-state index in [2.05, 4.69) is 11.4 Å². The summed E-state index contributed by atoms with van der Waals surface area (Å²) in [5.41, 5.74) is 0.509. The normalized spacial score (nSPS) is 13.9. The number of morpholine rings is 1. The van der Waals surface area contributed by atoms with Gasteiger partial charge >= 0.3 is 6.18 Å². The molecular weight excluding hydrogens is 463 g/mol. The summed E-state index contributed by atoms with van der Waals surface area (Å²) in [6.45, 7) is 1.91. The third-order valence-corrected chi connectivity index (χ3v) is 6.43. The van der Waals surface area contributed by atoms with Gasteiger partial charge in [-0.15, -0.1) is 0 Å². The summed E-state index contributed by atoms with van der Waals surface area (Å²) in [5.74, 6) is -0.536. The number of nitrogens with one attached hydrogen (secondary N) is 1. The lowest BCUT2D eigenvalue weighted by molar-refractivity contribution is -0.137. The van der Waals surface area contributed by atoms with E-state index >= 15 is 0 Å². The molecule has 0 saturated carbocycles. The number of rotatable bonds is 5. The predicted molar refractivity (Wildman–Crippen MR) is 124 cm³/mol. The van der Waals surface area contributed by atoms with Crippen LogP contribution in [0.1, 0.15) is 21.5 Å². The van der Waals surface area contributed by atoms with E-state index < -0.39 is 17.6 Å². The summed E-state index contributed by atoms with van der Waals surface area (Å²) >= 11 is 1.25. The van der Waals surface area contributed by atoms with Crippen molar-refractivity contribution in [3.05, 3.63) is 83.4 Å². The zero-order valence-electron chi connectivity index (χ0n) is 17.9. The quantitative estimate of drug-likeness (QED) is 0.496. The van der Waals surface area contributed by atoms with Gasteiger partial charge in [-0.05, 0) is 42.5 Å².